The Bertz CT molecular complexity index is 1180. The number of carbonyl (C=O) groups is 2. The number of ether oxygens (including phenoxy) is 1. The summed E-state index contributed by atoms with van der Waals surface area (Å²) in [4.78, 5) is 30.7. The number of esters is 1. The molecule has 0 amide bonds. The first-order valence-electron chi connectivity index (χ1n) is 10.0. The average Bonchev–Trinajstić information content (AvgIpc) is 2.82. The Morgan fingerprint density at radius 3 is 2.45 bits per heavy atom. The lowest BCUT2D eigenvalue weighted by Gasteiger charge is -2.28. The molecular weight excluding hydrogens is 489 g/mol. The molecule has 0 radical (unpaired) electrons. The normalized spacial score (nSPS) is 13.2. The van der Waals surface area contributed by atoms with E-state index in [-0.39, 0.29) is 5.96 Å². The second kappa shape index (κ2) is 10.4. The molecule has 33 heavy (non-hydrogen) atoms. The van der Waals surface area contributed by atoms with Gasteiger partial charge in [-0.3, -0.25) is 4.79 Å². The molecule has 0 spiro atoms. The summed E-state index contributed by atoms with van der Waals surface area (Å²) in [5.74, 6) is -0.769. The third kappa shape index (κ3) is 5.46. The first-order chi connectivity index (χ1) is 15.8. The van der Waals surface area contributed by atoms with E-state index in [1.807, 2.05) is 12.1 Å². The summed E-state index contributed by atoms with van der Waals surface area (Å²) in [5.41, 5.74) is 7.12. The molecule has 3 rings (SSSR count). The standard InChI is InChI=1S/C25H23BrFN3O3/c1-30(15-17-5-3-6-18(13-17)23(32)33-2)24(28)29-25(16-31,19-9-11-22(27)12-10-19)20-7-4-8-21(26)14-20/h3-14,16H,15H2,1-2H3,(H2,28,29). The maximum atomic E-state index is 13.6. The molecular formula is C25H23BrFN3O3. The number of aldehydes is 1. The van der Waals surface area contributed by atoms with Gasteiger partial charge in [-0.2, -0.15) is 0 Å². The van der Waals surface area contributed by atoms with Crippen molar-refractivity contribution in [2.45, 2.75) is 12.1 Å². The zero-order valence-corrected chi connectivity index (χ0v) is 19.8. The predicted molar refractivity (Wildman–Crippen MR) is 128 cm³/mol. The SMILES string of the molecule is COC(=O)c1cccc(CN(C)C(N)=NC(C=O)(c2ccc(F)cc2)c2cccc(Br)c2)c1. The highest BCUT2D eigenvalue weighted by atomic mass is 79.9. The van der Waals surface area contributed by atoms with E-state index >= 15 is 0 Å². The number of carbonyl (C=O) groups excluding carboxylic acids is 2. The van der Waals surface area contributed by atoms with Crippen molar-refractivity contribution in [3.05, 3.63) is 105 Å². The van der Waals surface area contributed by atoms with Crippen LogP contribution in [0.15, 0.2) is 82.3 Å². The fraction of sp³-hybridized carbons (Fsp3) is 0.160. The molecule has 3 aromatic carbocycles. The number of aliphatic imine (C=N–C) groups is 1. The lowest BCUT2D eigenvalue weighted by Crippen LogP contribution is -2.38. The first-order valence-corrected chi connectivity index (χ1v) is 10.8. The topological polar surface area (TPSA) is 85.0 Å². The monoisotopic (exact) mass is 511 g/mol. The van der Waals surface area contributed by atoms with Crippen molar-refractivity contribution in [1.82, 2.24) is 4.90 Å². The number of hydrogen-bond donors (Lipinski definition) is 1. The Balaban J connectivity index is 2.02. The Kier molecular flexibility index (Phi) is 7.60. The maximum absolute atomic E-state index is 13.6. The number of halogens is 2. The van der Waals surface area contributed by atoms with E-state index < -0.39 is 17.3 Å². The summed E-state index contributed by atoms with van der Waals surface area (Å²) in [7, 11) is 3.05. The fourth-order valence-electron chi connectivity index (χ4n) is 3.42. The van der Waals surface area contributed by atoms with Crippen LogP contribution in [0.4, 0.5) is 4.39 Å². The number of hydrogen-bond acceptors (Lipinski definition) is 4. The Labute approximate surface area is 200 Å². The Hall–Kier alpha value is -3.52. The van der Waals surface area contributed by atoms with Gasteiger partial charge in [0, 0.05) is 18.1 Å². The number of nitrogens with two attached hydrogens (primary N) is 1. The summed E-state index contributed by atoms with van der Waals surface area (Å²) in [6.45, 7) is 0.330. The van der Waals surface area contributed by atoms with Crippen LogP contribution in [-0.2, 0) is 21.6 Å². The molecule has 1 unspecified atom stereocenters. The van der Waals surface area contributed by atoms with Crippen molar-refractivity contribution in [1.29, 1.82) is 0 Å². The van der Waals surface area contributed by atoms with E-state index in [2.05, 4.69) is 20.9 Å². The highest BCUT2D eigenvalue weighted by molar-refractivity contribution is 9.10. The number of rotatable bonds is 7. The summed E-state index contributed by atoms with van der Waals surface area (Å²) in [6, 6.07) is 19.7. The molecule has 0 aliphatic rings. The van der Waals surface area contributed by atoms with Crippen LogP contribution >= 0.6 is 15.9 Å². The predicted octanol–water partition coefficient (Wildman–Crippen LogP) is 4.26. The highest BCUT2D eigenvalue weighted by Gasteiger charge is 2.35. The smallest absolute Gasteiger partial charge is 0.337 e. The molecule has 0 aliphatic carbocycles. The van der Waals surface area contributed by atoms with Crippen LogP contribution in [0.3, 0.4) is 0 Å². The fourth-order valence-corrected chi connectivity index (χ4v) is 3.82. The Morgan fingerprint density at radius 2 is 1.82 bits per heavy atom. The quantitative estimate of drug-likeness (QED) is 0.221. The van der Waals surface area contributed by atoms with Gasteiger partial charge in [0.2, 0.25) is 0 Å². The van der Waals surface area contributed by atoms with Crippen molar-refractivity contribution < 1.29 is 18.7 Å². The van der Waals surface area contributed by atoms with Crippen molar-refractivity contribution >= 4 is 34.1 Å². The maximum Gasteiger partial charge on any atom is 0.337 e. The Morgan fingerprint density at radius 1 is 1.12 bits per heavy atom. The largest absolute Gasteiger partial charge is 0.465 e. The highest BCUT2D eigenvalue weighted by Crippen LogP contribution is 2.34. The molecule has 0 aromatic heterocycles. The van der Waals surface area contributed by atoms with Crippen molar-refractivity contribution in [3.63, 3.8) is 0 Å². The molecule has 3 aromatic rings. The summed E-state index contributed by atoms with van der Waals surface area (Å²) in [5, 5.41) is 0. The van der Waals surface area contributed by atoms with Crippen LogP contribution in [0.2, 0.25) is 0 Å². The number of guanidine groups is 1. The van der Waals surface area contributed by atoms with Crippen LogP contribution in [0.5, 0.6) is 0 Å². The van der Waals surface area contributed by atoms with Gasteiger partial charge in [-0.1, -0.05) is 52.3 Å². The minimum Gasteiger partial charge on any atom is -0.465 e. The van der Waals surface area contributed by atoms with E-state index in [1.54, 1.807) is 48.3 Å². The van der Waals surface area contributed by atoms with Crippen LogP contribution in [-0.4, -0.2) is 37.3 Å². The van der Waals surface area contributed by atoms with Gasteiger partial charge in [-0.15, -0.1) is 0 Å². The van der Waals surface area contributed by atoms with Crippen LogP contribution in [0.1, 0.15) is 27.0 Å². The molecule has 0 aliphatic heterocycles. The lowest BCUT2D eigenvalue weighted by atomic mass is 9.84. The number of methoxy groups -OCH3 is 1. The van der Waals surface area contributed by atoms with E-state index in [0.29, 0.717) is 29.5 Å². The first kappa shape index (κ1) is 24.1. The van der Waals surface area contributed by atoms with Gasteiger partial charge in [-0.25, -0.2) is 14.2 Å². The second-order valence-electron chi connectivity index (χ2n) is 7.42. The molecule has 1 atom stereocenters. The summed E-state index contributed by atoms with van der Waals surface area (Å²) < 4.78 is 19.1. The molecule has 0 saturated heterocycles. The summed E-state index contributed by atoms with van der Waals surface area (Å²) >= 11 is 3.43. The van der Waals surface area contributed by atoms with E-state index in [9.17, 15) is 14.0 Å². The van der Waals surface area contributed by atoms with Crippen molar-refractivity contribution in [3.8, 4) is 0 Å². The van der Waals surface area contributed by atoms with Crippen LogP contribution < -0.4 is 5.73 Å². The number of nitrogens with zero attached hydrogens (tertiary/aromatic N) is 2. The van der Waals surface area contributed by atoms with E-state index in [1.165, 1.54) is 31.4 Å². The minimum absolute atomic E-state index is 0.0925. The van der Waals surface area contributed by atoms with Crippen molar-refractivity contribution in [2.24, 2.45) is 10.7 Å². The van der Waals surface area contributed by atoms with Gasteiger partial charge < -0.3 is 15.4 Å². The minimum atomic E-state index is -1.48. The van der Waals surface area contributed by atoms with Gasteiger partial charge >= 0.3 is 5.97 Å². The van der Waals surface area contributed by atoms with Crippen molar-refractivity contribution in [2.75, 3.05) is 14.2 Å². The molecule has 0 saturated carbocycles. The zero-order valence-electron chi connectivity index (χ0n) is 18.2. The van der Waals surface area contributed by atoms with Crippen LogP contribution in [0.25, 0.3) is 0 Å². The molecule has 0 bridgehead atoms. The molecule has 2 N–H and O–H groups in total. The summed E-state index contributed by atoms with van der Waals surface area (Å²) in [6.07, 6.45) is 0.695. The van der Waals surface area contributed by atoms with Gasteiger partial charge in [0.15, 0.2) is 17.8 Å². The van der Waals surface area contributed by atoms with Gasteiger partial charge in [0.25, 0.3) is 0 Å². The lowest BCUT2D eigenvalue weighted by molar-refractivity contribution is -0.111. The van der Waals surface area contributed by atoms with Gasteiger partial charge in [-0.05, 0) is 53.1 Å². The molecule has 8 heteroatoms. The zero-order chi connectivity index (χ0) is 24.0. The van der Waals surface area contributed by atoms with Crippen LogP contribution in [0, 0.1) is 5.82 Å². The average molecular weight is 512 g/mol. The van der Waals surface area contributed by atoms with E-state index in [4.69, 9.17) is 10.5 Å². The molecule has 0 heterocycles. The molecule has 0 fully saturated rings. The van der Waals surface area contributed by atoms with E-state index in [0.717, 1.165) is 10.0 Å². The third-order valence-electron chi connectivity index (χ3n) is 5.17. The van der Waals surface area contributed by atoms with Gasteiger partial charge in [0.05, 0.1) is 12.7 Å². The molecule has 170 valence electrons. The number of benzene rings is 3. The molecule has 6 nitrogen and oxygen atoms in total. The van der Waals surface area contributed by atoms with Gasteiger partial charge in [0.1, 0.15) is 5.82 Å². The third-order valence-corrected chi connectivity index (χ3v) is 5.66. The second-order valence-corrected chi connectivity index (χ2v) is 8.34.